The number of hydrogen-bond acceptors (Lipinski definition) is 3. The van der Waals surface area contributed by atoms with E-state index in [9.17, 15) is 4.79 Å². The lowest BCUT2D eigenvalue weighted by molar-refractivity contribution is -0.125. The molecule has 3 N–H and O–H groups in total. The normalized spacial score (nSPS) is 29.8. The molecular formula is C17H32N2O2. The van der Waals surface area contributed by atoms with Gasteiger partial charge in [0.05, 0.1) is 6.04 Å². The van der Waals surface area contributed by atoms with E-state index in [1.165, 1.54) is 32.1 Å². The number of carbonyl (C=O) groups excluding carboxylic acids is 1. The quantitative estimate of drug-likeness (QED) is 0.704. The molecule has 1 aliphatic heterocycles. The van der Waals surface area contributed by atoms with E-state index in [0.717, 1.165) is 25.2 Å². The summed E-state index contributed by atoms with van der Waals surface area (Å²) in [6, 6.07) is 0.559. The van der Waals surface area contributed by atoms with Gasteiger partial charge in [-0.25, -0.2) is 0 Å². The summed E-state index contributed by atoms with van der Waals surface area (Å²) < 4.78 is 0. The van der Waals surface area contributed by atoms with Crippen molar-refractivity contribution in [2.24, 2.45) is 11.3 Å². The van der Waals surface area contributed by atoms with Crippen LogP contribution >= 0.6 is 0 Å². The Labute approximate surface area is 129 Å². The number of piperidine rings is 1. The molecule has 1 saturated carbocycles. The molecule has 1 saturated heterocycles. The van der Waals surface area contributed by atoms with Crippen molar-refractivity contribution in [2.75, 3.05) is 13.2 Å². The molecule has 1 heterocycles. The van der Waals surface area contributed by atoms with Gasteiger partial charge in [0.2, 0.25) is 5.91 Å². The molecule has 4 nitrogen and oxygen atoms in total. The van der Waals surface area contributed by atoms with E-state index in [4.69, 9.17) is 5.11 Å². The lowest BCUT2D eigenvalue weighted by Gasteiger charge is -2.40. The highest BCUT2D eigenvalue weighted by Crippen LogP contribution is 2.32. The van der Waals surface area contributed by atoms with Crippen LogP contribution in [0.5, 0.6) is 0 Å². The molecule has 21 heavy (non-hydrogen) atoms. The van der Waals surface area contributed by atoms with Crippen LogP contribution in [0.3, 0.4) is 0 Å². The Morgan fingerprint density at radius 3 is 2.76 bits per heavy atom. The summed E-state index contributed by atoms with van der Waals surface area (Å²) in [6.45, 7) is 5.21. The molecule has 4 heteroatoms. The Hall–Kier alpha value is -0.610. The Balaban J connectivity index is 1.75. The number of carbonyl (C=O) groups is 1. The first-order chi connectivity index (χ1) is 10.0. The van der Waals surface area contributed by atoms with Gasteiger partial charge in [-0.3, -0.25) is 4.79 Å². The Kier molecular flexibility index (Phi) is 6.06. The number of rotatable bonds is 6. The van der Waals surface area contributed by atoms with E-state index in [1.54, 1.807) is 0 Å². The SMILES string of the molecule is CC(C)(CCCO)CNC(=O)C1CCC2CCCCC2N1. The molecule has 0 aromatic carbocycles. The molecule has 2 aliphatic rings. The lowest BCUT2D eigenvalue weighted by Crippen LogP contribution is -2.55. The third-order valence-electron chi connectivity index (χ3n) is 5.22. The molecule has 0 bridgehead atoms. The third kappa shape index (κ3) is 4.96. The molecule has 0 radical (unpaired) electrons. The van der Waals surface area contributed by atoms with Gasteiger partial charge in [0.25, 0.3) is 0 Å². The fourth-order valence-corrected chi connectivity index (χ4v) is 3.80. The van der Waals surface area contributed by atoms with Crippen LogP contribution < -0.4 is 10.6 Å². The van der Waals surface area contributed by atoms with Crippen molar-refractivity contribution in [3.8, 4) is 0 Å². The van der Waals surface area contributed by atoms with Crippen LogP contribution in [0.15, 0.2) is 0 Å². The summed E-state index contributed by atoms with van der Waals surface area (Å²) in [5.74, 6) is 0.958. The molecule has 3 atom stereocenters. The molecular weight excluding hydrogens is 264 g/mol. The van der Waals surface area contributed by atoms with Crippen LogP contribution in [0.1, 0.15) is 65.2 Å². The second-order valence-corrected chi connectivity index (χ2v) is 7.66. The van der Waals surface area contributed by atoms with Crippen molar-refractivity contribution in [3.05, 3.63) is 0 Å². The highest BCUT2D eigenvalue weighted by Gasteiger charge is 2.34. The zero-order valence-electron chi connectivity index (χ0n) is 13.7. The first-order valence-electron chi connectivity index (χ1n) is 8.66. The largest absolute Gasteiger partial charge is 0.396 e. The summed E-state index contributed by atoms with van der Waals surface area (Å²) in [5.41, 5.74) is 0.0560. The summed E-state index contributed by atoms with van der Waals surface area (Å²) >= 11 is 0. The van der Waals surface area contributed by atoms with Gasteiger partial charge in [-0.15, -0.1) is 0 Å². The molecule has 0 spiro atoms. The van der Waals surface area contributed by atoms with Gasteiger partial charge in [-0.05, 0) is 49.9 Å². The van der Waals surface area contributed by atoms with E-state index in [1.807, 2.05) is 0 Å². The van der Waals surface area contributed by atoms with Crippen molar-refractivity contribution >= 4 is 5.91 Å². The highest BCUT2D eigenvalue weighted by atomic mass is 16.2. The summed E-state index contributed by atoms with van der Waals surface area (Å²) in [5, 5.41) is 15.6. The van der Waals surface area contributed by atoms with Crippen molar-refractivity contribution in [2.45, 2.75) is 77.3 Å². The first kappa shape index (κ1) is 16.8. The average Bonchev–Trinajstić information content (AvgIpc) is 2.50. The fourth-order valence-electron chi connectivity index (χ4n) is 3.80. The molecule has 3 unspecified atom stereocenters. The number of aliphatic hydroxyl groups is 1. The monoisotopic (exact) mass is 296 g/mol. The van der Waals surface area contributed by atoms with Crippen LogP contribution in [0.25, 0.3) is 0 Å². The Morgan fingerprint density at radius 2 is 2.00 bits per heavy atom. The van der Waals surface area contributed by atoms with Gasteiger partial charge in [-0.1, -0.05) is 26.7 Å². The maximum absolute atomic E-state index is 12.4. The van der Waals surface area contributed by atoms with E-state index in [0.29, 0.717) is 12.6 Å². The van der Waals surface area contributed by atoms with Gasteiger partial charge in [0.1, 0.15) is 0 Å². The topological polar surface area (TPSA) is 61.4 Å². The molecule has 122 valence electrons. The summed E-state index contributed by atoms with van der Waals surface area (Å²) in [4.78, 5) is 12.4. The van der Waals surface area contributed by atoms with Crippen LogP contribution in [-0.4, -0.2) is 36.2 Å². The zero-order chi connectivity index (χ0) is 15.3. The van der Waals surface area contributed by atoms with Gasteiger partial charge < -0.3 is 15.7 Å². The number of nitrogens with one attached hydrogen (secondary N) is 2. The maximum atomic E-state index is 12.4. The van der Waals surface area contributed by atoms with E-state index in [2.05, 4.69) is 24.5 Å². The van der Waals surface area contributed by atoms with Crippen molar-refractivity contribution < 1.29 is 9.90 Å². The van der Waals surface area contributed by atoms with Crippen LogP contribution in [0.2, 0.25) is 0 Å². The minimum absolute atomic E-state index is 0.00186. The van der Waals surface area contributed by atoms with Crippen molar-refractivity contribution in [1.82, 2.24) is 10.6 Å². The Morgan fingerprint density at radius 1 is 1.24 bits per heavy atom. The fraction of sp³-hybridized carbons (Fsp3) is 0.941. The predicted octanol–water partition coefficient (Wildman–Crippen LogP) is 2.21. The van der Waals surface area contributed by atoms with E-state index >= 15 is 0 Å². The highest BCUT2D eigenvalue weighted by molar-refractivity contribution is 5.81. The average molecular weight is 296 g/mol. The van der Waals surface area contributed by atoms with Crippen LogP contribution in [0.4, 0.5) is 0 Å². The van der Waals surface area contributed by atoms with Crippen molar-refractivity contribution in [1.29, 1.82) is 0 Å². The first-order valence-corrected chi connectivity index (χ1v) is 8.66. The van der Waals surface area contributed by atoms with Gasteiger partial charge in [0, 0.05) is 19.2 Å². The second-order valence-electron chi connectivity index (χ2n) is 7.66. The number of amides is 1. The van der Waals surface area contributed by atoms with E-state index < -0.39 is 0 Å². The molecule has 2 fully saturated rings. The number of fused-ring (bicyclic) bond motifs is 1. The number of aliphatic hydroxyl groups excluding tert-OH is 1. The molecule has 1 amide bonds. The summed E-state index contributed by atoms with van der Waals surface area (Å²) in [6.07, 6.45) is 9.14. The van der Waals surface area contributed by atoms with Crippen LogP contribution in [-0.2, 0) is 4.79 Å². The maximum Gasteiger partial charge on any atom is 0.237 e. The van der Waals surface area contributed by atoms with E-state index in [-0.39, 0.29) is 24.0 Å². The second kappa shape index (κ2) is 7.59. The lowest BCUT2D eigenvalue weighted by atomic mass is 9.77. The zero-order valence-corrected chi connectivity index (χ0v) is 13.7. The van der Waals surface area contributed by atoms with Crippen molar-refractivity contribution in [3.63, 3.8) is 0 Å². The molecule has 2 rings (SSSR count). The molecule has 0 aromatic heterocycles. The Bertz CT molecular complexity index is 344. The third-order valence-corrected chi connectivity index (χ3v) is 5.22. The minimum Gasteiger partial charge on any atom is -0.396 e. The predicted molar refractivity (Wildman–Crippen MR) is 85.0 cm³/mol. The smallest absolute Gasteiger partial charge is 0.237 e. The molecule has 0 aromatic rings. The summed E-state index contributed by atoms with van der Waals surface area (Å²) in [7, 11) is 0. The minimum atomic E-state index is -0.00186. The number of hydrogen-bond donors (Lipinski definition) is 3. The van der Waals surface area contributed by atoms with Gasteiger partial charge >= 0.3 is 0 Å². The van der Waals surface area contributed by atoms with Gasteiger partial charge in [0.15, 0.2) is 0 Å². The van der Waals surface area contributed by atoms with Gasteiger partial charge in [-0.2, -0.15) is 0 Å². The standard InChI is InChI=1S/C17H32N2O2/c1-17(2,10-5-11-20)12-18-16(21)15-9-8-13-6-3-4-7-14(13)19-15/h13-15,19-20H,3-12H2,1-2H3,(H,18,21). The molecule has 1 aliphatic carbocycles. The van der Waals surface area contributed by atoms with Crippen LogP contribution in [0, 0.1) is 11.3 Å².